The summed E-state index contributed by atoms with van der Waals surface area (Å²) < 4.78 is 8.48. The maximum Gasteiger partial charge on any atom is 0.310 e. The van der Waals surface area contributed by atoms with Crippen molar-refractivity contribution in [2.24, 2.45) is 7.05 Å². The second-order valence-corrected chi connectivity index (χ2v) is 6.99. The number of aliphatic hydroxyl groups excluding tert-OH is 1. The lowest BCUT2D eigenvalue weighted by molar-refractivity contribution is -0.142. The normalized spacial score (nSPS) is 12.1. The highest BCUT2D eigenvalue weighted by atomic mass is 16.5. The maximum absolute atomic E-state index is 12.4. The molecule has 0 bridgehead atoms. The van der Waals surface area contributed by atoms with E-state index in [2.05, 4.69) is 20.1 Å². The number of imidazole rings is 1. The first-order valence-corrected chi connectivity index (χ1v) is 9.46. The Morgan fingerprint density at radius 2 is 2.03 bits per heavy atom. The molecule has 10 nitrogen and oxygen atoms in total. The summed E-state index contributed by atoms with van der Waals surface area (Å²) in [5, 5.41) is 24.1. The number of nitrogens with zero attached hydrogens (tertiary/aromatic N) is 7. The number of aliphatic hydroxyl groups is 1. The smallest absolute Gasteiger partial charge is 0.310 e. The van der Waals surface area contributed by atoms with Gasteiger partial charge in [-0.2, -0.15) is 15.3 Å². The Bertz CT molecular complexity index is 1390. The Hall–Kier alpha value is -4.26. The number of allylic oxidation sites excluding steroid dienone is 1. The summed E-state index contributed by atoms with van der Waals surface area (Å²) in [5.74, 6) is -0.188. The van der Waals surface area contributed by atoms with E-state index in [0.29, 0.717) is 28.4 Å². The molecule has 0 aliphatic carbocycles. The van der Waals surface area contributed by atoms with Crippen molar-refractivity contribution in [3.05, 3.63) is 59.1 Å². The third kappa shape index (κ3) is 3.57. The lowest BCUT2D eigenvalue weighted by Gasteiger charge is -2.11. The van der Waals surface area contributed by atoms with Crippen LogP contribution in [0.25, 0.3) is 22.4 Å². The van der Waals surface area contributed by atoms with Crippen LogP contribution in [0.5, 0.6) is 0 Å². The molecule has 156 valence electrons. The van der Waals surface area contributed by atoms with Gasteiger partial charge in [0.05, 0.1) is 17.5 Å². The molecule has 0 unspecified atom stereocenters. The Morgan fingerprint density at radius 1 is 1.26 bits per heavy atom. The number of hydrogen-bond donors (Lipinski definition) is 1. The zero-order chi connectivity index (χ0) is 22.1. The molecule has 0 fully saturated rings. The van der Waals surface area contributed by atoms with Crippen LogP contribution < -0.4 is 0 Å². The van der Waals surface area contributed by atoms with Gasteiger partial charge in [-0.25, -0.2) is 14.5 Å². The van der Waals surface area contributed by atoms with Crippen molar-refractivity contribution in [2.75, 3.05) is 6.61 Å². The van der Waals surface area contributed by atoms with Gasteiger partial charge in [-0.3, -0.25) is 4.79 Å². The number of para-hydroxylation sites is 2. The first-order chi connectivity index (χ1) is 14.9. The summed E-state index contributed by atoms with van der Waals surface area (Å²) in [6, 6.07) is 9.33. The maximum atomic E-state index is 12.4. The third-order valence-electron chi connectivity index (χ3n) is 5.09. The fourth-order valence-corrected chi connectivity index (χ4v) is 3.44. The summed E-state index contributed by atoms with van der Waals surface area (Å²) in [6.45, 7) is 3.15. The molecule has 1 aromatic carbocycles. The lowest BCUT2D eigenvalue weighted by atomic mass is 10.1. The SMILES string of the molecule is Cc1nc2ncnn2c(C)c1CC(=O)OC/C(O)=C(\C#N)c1nc2ccccc2n1C. The van der Waals surface area contributed by atoms with Crippen molar-refractivity contribution < 1.29 is 14.6 Å². The van der Waals surface area contributed by atoms with Crippen molar-refractivity contribution in [1.82, 2.24) is 29.1 Å². The molecule has 10 heteroatoms. The average Bonchev–Trinajstić information content (AvgIpc) is 3.35. The summed E-state index contributed by atoms with van der Waals surface area (Å²) in [7, 11) is 1.75. The van der Waals surface area contributed by atoms with Crippen molar-refractivity contribution in [3.8, 4) is 6.07 Å². The molecule has 0 saturated heterocycles. The molecule has 4 rings (SSSR count). The Labute approximate surface area is 177 Å². The van der Waals surface area contributed by atoms with E-state index in [-0.39, 0.29) is 17.8 Å². The molecule has 1 N–H and O–H groups in total. The van der Waals surface area contributed by atoms with E-state index in [9.17, 15) is 15.2 Å². The molecule has 0 atom stereocenters. The van der Waals surface area contributed by atoms with Crippen LogP contribution in [0, 0.1) is 25.2 Å². The number of fused-ring (bicyclic) bond motifs is 2. The van der Waals surface area contributed by atoms with E-state index in [1.807, 2.05) is 37.3 Å². The molecule has 3 aromatic heterocycles. The first kappa shape index (κ1) is 20.0. The van der Waals surface area contributed by atoms with Gasteiger partial charge in [0.2, 0.25) is 0 Å². The van der Waals surface area contributed by atoms with Crippen LogP contribution in [0.15, 0.2) is 36.4 Å². The molecular formula is C21H19N7O3. The fraction of sp³-hybridized carbons (Fsp3) is 0.238. The van der Waals surface area contributed by atoms with E-state index >= 15 is 0 Å². The number of esters is 1. The minimum absolute atomic E-state index is 0.0513. The molecule has 0 amide bonds. The standard InChI is InChI=1S/C21H19N7O3/c1-12-14(13(2)28-21(25-12)23-11-24-28)8-19(30)31-10-18(29)15(9-22)20-26-16-6-4-5-7-17(16)27(20)3/h4-7,11,29H,8,10H2,1-3H3/b18-15-. The second kappa shape index (κ2) is 7.87. The quantitative estimate of drug-likeness (QED) is 0.297. The lowest BCUT2D eigenvalue weighted by Crippen LogP contribution is -2.15. The van der Waals surface area contributed by atoms with Crippen molar-refractivity contribution >= 4 is 28.4 Å². The highest BCUT2D eigenvalue weighted by Crippen LogP contribution is 2.22. The number of nitriles is 1. The molecule has 4 aromatic rings. The van der Waals surface area contributed by atoms with E-state index in [1.54, 1.807) is 23.1 Å². The third-order valence-corrected chi connectivity index (χ3v) is 5.09. The van der Waals surface area contributed by atoms with Gasteiger partial charge in [0.15, 0.2) is 11.6 Å². The van der Waals surface area contributed by atoms with Gasteiger partial charge in [0.1, 0.15) is 24.6 Å². The number of carbonyl (C=O) groups excluding carboxylic acids is 1. The second-order valence-electron chi connectivity index (χ2n) is 6.99. The van der Waals surface area contributed by atoms with E-state index in [1.165, 1.54) is 6.33 Å². The van der Waals surface area contributed by atoms with Gasteiger partial charge in [-0.15, -0.1) is 0 Å². The first-order valence-electron chi connectivity index (χ1n) is 9.46. The van der Waals surface area contributed by atoms with Gasteiger partial charge in [-0.1, -0.05) is 12.1 Å². The van der Waals surface area contributed by atoms with Crippen LogP contribution in [0.3, 0.4) is 0 Å². The highest BCUT2D eigenvalue weighted by molar-refractivity contribution is 5.84. The molecular weight excluding hydrogens is 398 g/mol. The molecule has 0 saturated carbocycles. The number of aromatic nitrogens is 6. The number of hydrogen-bond acceptors (Lipinski definition) is 8. The van der Waals surface area contributed by atoms with E-state index in [0.717, 1.165) is 11.2 Å². The van der Waals surface area contributed by atoms with Crippen molar-refractivity contribution in [1.29, 1.82) is 5.26 Å². The van der Waals surface area contributed by atoms with Crippen molar-refractivity contribution in [2.45, 2.75) is 20.3 Å². The van der Waals surface area contributed by atoms with Gasteiger partial charge in [-0.05, 0) is 26.0 Å². The highest BCUT2D eigenvalue weighted by Gasteiger charge is 2.19. The number of aryl methyl sites for hydroxylation is 3. The van der Waals surface area contributed by atoms with Gasteiger partial charge in [0.25, 0.3) is 5.78 Å². The van der Waals surface area contributed by atoms with Crippen LogP contribution >= 0.6 is 0 Å². The van der Waals surface area contributed by atoms with Crippen LogP contribution in [0.4, 0.5) is 0 Å². The summed E-state index contributed by atoms with van der Waals surface area (Å²) in [5.41, 5.74) is 3.50. The number of rotatable bonds is 5. The minimum Gasteiger partial charge on any atom is -0.507 e. The molecule has 3 heterocycles. The van der Waals surface area contributed by atoms with Gasteiger partial charge < -0.3 is 14.4 Å². The number of carbonyl (C=O) groups is 1. The topological polar surface area (TPSA) is 131 Å². The van der Waals surface area contributed by atoms with Crippen LogP contribution in [0.1, 0.15) is 22.8 Å². The Morgan fingerprint density at radius 3 is 2.77 bits per heavy atom. The molecule has 0 spiro atoms. The summed E-state index contributed by atoms with van der Waals surface area (Å²) in [4.78, 5) is 25.2. The minimum atomic E-state index is -0.568. The Kier molecular flexibility index (Phi) is 5.09. The molecule has 31 heavy (non-hydrogen) atoms. The molecule has 0 aliphatic rings. The predicted molar refractivity (Wildman–Crippen MR) is 111 cm³/mol. The van der Waals surface area contributed by atoms with Gasteiger partial charge >= 0.3 is 5.97 Å². The zero-order valence-corrected chi connectivity index (χ0v) is 17.2. The predicted octanol–water partition coefficient (Wildman–Crippen LogP) is 2.21. The largest absolute Gasteiger partial charge is 0.507 e. The van der Waals surface area contributed by atoms with E-state index in [4.69, 9.17) is 4.74 Å². The van der Waals surface area contributed by atoms with Crippen LogP contribution in [0.2, 0.25) is 0 Å². The number of ether oxygens (including phenoxy) is 1. The summed E-state index contributed by atoms with van der Waals surface area (Å²) in [6.07, 6.45) is 1.34. The fourth-order valence-electron chi connectivity index (χ4n) is 3.44. The average molecular weight is 417 g/mol. The molecule has 0 radical (unpaired) electrons. The van der Waals surface area contributed by atoms with Crippen molar-refractivity contribution in [3.63, 3.8) is 0 Å². The zero-order valence-electron chi connectivity index (χ0n) is 17.2. The summed E-state index contributed by atoms with van der Waals surface area (Å²) >= 11 is 0. The van der Waals surface area contributed by atoms with Crippen LogP contribution in [-0.2, 0) is 23.0 Å². The monoisotopic (exact) mass is 417 g/mol. The van der Waals surface area contributed by atoms with Gasteiger partial charge in [0, 0.05) is 24.0 Å². The van der Waals surface area contributed by atoms with Crippen LogP contribution in [-0.4, -0.2) is 46.8 Å². The number of benzene rings is 1. The van der Waals surface area contributed by atoms with E-state index < -0.39 is 12.6 Å². The Balaban J connectivity index is 1.54. The molecule has 0 aliphatic heterocycles.